The number of hydrogen-bond acceptors (Lipinski definition) is 4. The average Bonchev–Trinajstić information content (AvgIpc) is 2.54. The second kappa shape index (κ2) is 9.97. The number of piperidine rings is 1. The Kier molecular flexibility index (Phi) is 8.31. The Hall–Kier alpha value is -0.160. The Bertz CT molecular complexity index is 306. The third-order valence-corrected chi connectivity index (χ3v) is 5.56. The molecule has 0 radical (unpaired) electrons. The molecule has 23 heavy (non-hydrogen) atoms. The number of piperazine rings is 1. The van der Waals surface area contributed by atoms with E-state index >= 15 is 0 Å². The summed E-state index contributed by atoms with van der Waals surface area (Å²) in [4.78, 5) is 7.86. The minimum atomic E-state index is 0.360. The maximum atomic E-state index is 5.66. The van der Waals surface area contributed by atoms with E-state index in [0.29, 0.717) is 6.10 Å². The summed E-state index contributed by atoms with van der Waals surface area (Å²) in [6.07, 6.45) is 4.58. The van der Waals surface area contributed by atoms with E-state index in [-0.39, 0.29) is 0 Å². The molecule has 0 aliphatic carbocycles. The quantitative estimate of drug-likeness (QED) is 0.682. The van der Waals surface area contributed by atoms with Crippen LogP contribution in [0.5, 0.6) is 0 Å². The van der Waals surface area contributed by atoms with Gasteiger partial charge in [-0.25, -0.2) is 0 Å². The average molecular weight is 326 g/mol. The predicted molar refractivity (Wildman–Crippen MR) is 98.0 cm³/mol. The van der Waals surface area contributed by atoms with Crippen LogP contribution in [-0.4, -0.2) is 85.8 Å². The van der Waals surface area contributed by atoms with Crippen molar-refractivity contribution in [1.82, 2.24) is 14.7 Å². The van der Waals surface area contributed by atoms with Crippen molar-refractivity contribution in [2.75, 3.05) is 59.0 Å². The van der Waals surface area contributed by atoms with Crippen LogP contribution < -0.4 is 0 Å². The fraction of sp³-hybridized carbons (Fsp3) is 1.00. The molecule has 2 fully saturated rings. The third kappa shape index (κ3) is 7.08. The molecular formula is C19H39N3O. The van der Waals surface area contributed by atoms with Crippen LogP contribution in [0.4, 0.5) is 0 Å². The molecule has 2 aliphatic heterocycles. The van der Waals surface area contributed by atoms with Gasteiger partial charge in [0.15, 0.2) is 0 Å². The lowest BCUT2D eigenvalue weighted by Crippen LogP contribution is -2.48. The Morgan fingerprint density at radius 2 is 1.39 bits per heavy atom. The van der Waals surface area contributed by atoms with Crippen molar-refractivity contribution in [3.05, 3.63) is 0 Å². The van der Waals surface area contributed by atoms with Crippen LogP contribution in [0.25, 0.3) is 0 Å². The van der Waals surface area contributed by atoms with Crippen molar-refractivity contribution >= 4 is 0 Å². The van der Waals surface area contributed by atoms with E-state index in [9.17, 15) is 0 Å². The highest BCUT2D eigenvalue weighted by molar-refractivity contribution is 4.77. The minimum Gasteiger partial charge on any atom is -0.377 e. The van der Waals surface area contributed by atoms with Crippen molar-refractivity contribution < 1.29 is 4.74 Å². The highest BCUT2D eigenvalue weighted by atomic mass is 16.5. The van der Waals surface area contributed by atoms with E-state index in [1.54, 1.807) is 0 Å². The largest absolute Gasteiger partial charge is 0.377 e. The van der Waals surface area contributed by atoms with Gasteiger partial charge in [-0.1, -0.05) is 0 Å². The van der Waals surface area contributed by atoms with Gasteiger partial charge in [-0.05, 0) is 72.5 Å². The molecule has 0 aromatic rings. The zero-order valence-corrected chi connectivity index (χ0v) is 16.0. The second-order valence-electron chi connectivity index (χ2n) is 7.96. The van der Waals surface area contributed by atoms with Crippen LogP contribution in [0.3, 0.4) is 0 Å². The van der Waals surface area contributed by atoms with Gasteiger partial charge in [0, 0.05) is 38.8 Å². The monoisotopic (exact) mass is 325 g/mol. The van der Waals surface area contributed by atoms with Crippen molar-refractivity contribution in [2.24, 2.45) is 5.92 Å². The number of likely N-dealkylation sites (tertiary alicyclic amines) is 1. The van der Waals surface area contributed by atoms with Crippen LogP contribution >= 0.6 is 0 Å². The van der Waals surface area contributed by atoms with Gasteiger partial charge in [-0.15, -0.1) is 0 Å². The summed E-state index contributed by atoms with van der Waals surface area (Å²) in [5, 5.41) is 0. The van der Waals surface area contributed by atoms with E-state index in [4.69, 9.17) is 4.74 Å². The standard InChI is InChI=1S/C19H39N3O/c1-17(2)22-9-6-19(7-10-22)5-8-20-11-13-21(14-12-20)15-16-23-18(3)4/h17-19H,5-16H2,1-4H3. The minimum absolute atomic E-state index is 0.360. The number of rotatable bonds is 8. The van der Waals surface area contributed by atoms with Crippen LogP contribution in [0, 0.1) is 5.92 Å². The van der Waals surface area contributed by atoms with Gasteiger partial charge in [0.1, 0.15) is 0 Å². The highest BCUT2D eigenvalue weighted by Gasteiger charge is 2.22. The number of nitrogens with zero attached hydrogens (tertiary/aromatic N) is 3. The van der Waals surface area contributed by atoms with E-state index in [0.717, 1.165) is 25.1 Å². The summed E-state index contributed by atoms with van der Waals surface area (Å²) in [6, 6.07) is 0.726. The SMILES string of the molecule is CC(C)OCCN1CCN(CCC2CCN(C(C)C)CC2)CC1. The van der Waals surface area contributed by atoms with Gasteiger partial charge in [0.05, 0.1) is 12.7 Å². The van der Waals surface area contributed by atoms with Crippen molar-refractivity contribution in [3.8, 4) is 0 Å². The molecular weight excluding hydrogens is 286 g/mol. The summed E-state index contributed by atoms with van der Waals surface area (Å²) < 4.78 is 5.66. The molecule has 2 rings (SSSR count). The molecule has 136 valence electrons. The number of hydrogen-bond donors (Lipinski definition) is 0. The lowest BCUT2D eigenvalue weighted by Gasteiger charge is -2.37. The van der Waals surface area contributed by atoms with Crippen LogP contribution in [0.15, 0.2) is 0 Å². The molecule has 4 nitrogen and oxygen atoms in total. The molecule has 2 aliphatic rings. The van der Waals surface area contributed by atoms with Gasteiger partial charge < -0.3 is 14.5 Å². The normalized spacial score (nSPS) is 23.2. The summed E-state index contributed by atoms with van der Waals surface area (Å²) in [5.74, 6) is 0.961. The Morgan fingerprint density at radius 1 is 0.826 bits per heavy atom. The van der Waals surface area contributed by atoms with Crippen molar-refractivity contribution in [2.45, 2.75) is 59.1 Å². The molecule has 4 heteroatoms. The molecule has 0 saturated carbocycles. The summed E-state index contributed by atoms with van der Waals surface area (Å²) in [7, 11) is 0. The van der Waals surface area contributed by atoms with Gasteiger partial charge in [0.25, 0.3) is 0 Å². The summed E-state index contributed by atoms with van der Waals surface area (Å²) in [6.45, 7) is 19.7. The second-order valence-corrected chi connectivity index (χ2v) is 7.96. The van der Waals surface area contributed by atoms with E-state index in [1.807, 2.05) is 0 Å². The van der Waals surface area contributed by atoms with Crippen LogP contribution in [0.2, 0.25) is 0 Å². The Labute approximate surface area is 144 Å². The van der Waals surface area contributed by atoms with Crippen LogP contribution in [0.1, 0.15) is 47.0 Å². The van der Waals surface area contributed by atoms with Gasteiger partial charge in [0.2, 0.25) is 0 Å². The van der Waals surface area contributed by atoms with E-state index < -0.39 is 0 Å². The topological polar surface area (TPSA) is 19.0 Å². The van der Waals surface area contributed by atoms with E-state index in [1.165, 1.54) is 65.1 Å². The molecule has 0 aromatic carbocycles. The van der Waals surface area contributed by atoms with Crippen LogP contribution in [-0.2, 0) is 4.74 Å². The molecule has 2 heterocycles. The summed E-state index contributed by atoms with van der Waals surface area (Å²) >= 11 is 0. The van der Waals surface area contributed by atoms with Crippen molar-refractivity contribution in [3.63, 3.8) is 0 Å². The predicted octanol–water partition coefficient (Wildman–Crippen LogP) is 2.54. The molecule has 0 bridgehead atoms. The third-order valence-electron chi connectivity index (χ3n) is 5.56. The molecule has 0 N–H and O–H groups in total. The fourth-order valence-corrected chi connectivity index (χ4v) is 3.78. The lowest BCUT2D eigenvalue weighted by atomic mass is 9.92. The maximum Gasteiger partial charge on any atom is 0.0596 e. The molecule has 2 saturated heterocycles. The van der Waals surface area contributed by atoms with E-state index in [2.05, 4.69) is 42.4 Å². The van der Waals surface area contributed by atoms with Gasteiger partial charge in [-0.3, -0.25) is 4.90 Å². The smallest absolute Gasteiger partial charge is 0.0596 e. The fourth-order valence-electron chi connectivity index (χ4n) is 3.78. The highest BCUT2D eigenvalue weighted by Crippen LogP contribution is 2.22. The Balaban J connectivity index is 1.53. The molecule has 0 spiro atoms. The Morgan fingerprint density at radius 3 is 1.91 bits per heavy atom. The zero-order chi connectivity index (χ0) is 16.7. The number of ether oxygens (including phenoxy) is 1. The lowest BCUT2D eigenvalue weighted by molar-refractivity contribution is 0.0433. The maximum absolute atomic E-state index is 5.66. The molecule has 0 amide bonds. The molecule has 0 unspecified atom stereocenters. The zero-order valence-electron chi connectivity index (χ0n) is 16.0. The first-order valence-corrected chi connectivity index (χ1v) is 9.85. The molecule has 0 atom stereocenters. The van der Waals surface area contributed by atoms with Gasteiger partial charge in [-0.2, -0.15) is 0 Å². The summed E-state index contributed by atoms with van der Waals surface area (Å²) in [5.41, 5.74) is 0. The first kappa shape index (κ1) is 19.2. The first-order valence-electron chi connectivity index (χ1n) is 9.85. The first-order chi connectivity index (χ1) is 11.0. The van der Waals surface area contributed by atoms with Gasteiger partial charge >= 0.3 is 0 Å². The van der Waals surface area contributed by atoms with Crippen molar-refractivity contribution in [1.29, 1.82) is 0 Å². The molecule has 0 aromatic heterocycles.